The Hall–Kier alpha value is -7.44. The van der Waals surface area contributed by atoms with Gasteiger partial charge in [-0.25, -0.2) is 0 Å². The highest BCUT2D eigenvalue weighted by atomic mass is 16.5. The van der Waals surface area contributed by atoms with Gasteiger partial charge in [-0.1, -0.05) is 107 Å². The van der Waals surface area contributed by atoms with Crippen LogP contribution in [-0.4, -0.2) is 138 Å². The molecule has 0 atom stereocenters. The largest absolute Gasteiger partial charge is 0.494 e. The summed E-state index contributed by atoms with van der Waals surface area (Å²) in [4.78, 5) is 16.1. The van der Waals surface area contributed by atoms with Crippen LogP contribution in [0.2, 0.25) is 0 Å². The minimum absolute atomic E-state index is 0.683. The molecule has 93 heavy (non-hydrogen) atoms. The van der Waals surface area contributed by atoms with Gasteiger partial charge in [-0.3, -0.25) is 0 Å². The molecule has 9 rings (SSSR count). The number of H-pyrrole nitrogens is 4. The highest BCUT2D eigenvalue weighted by Crippen LogP contribution is 2.31. The lowest BCUT2D eigenvalue weighted by atomic mass is 10.0. The monoisotopic (exact) mass is 1260 g/mol. The Morgan fingerprint density at radius 3 is 0.699 bits per heavy atom. The zero-order valence-corrected chi connectivity index (χ0v) is 58.6. The summed E-state index contributed by atoms with van der Waals surface area (Å²) in [5.41, 5.74) is 12.5. The topological polar surface area (TPSA) is 100 Å². The molecule has 0 fully saturated rings. The summed E-state index contributed by atoms with van der Waals surface area (Å²) in [6.07, 6.45) is 14.6. The first-order valence-corrected chi connectivity index (χ1v) is 36.3. The molecule has 4 aromatic carbocycles. The Morgan fingerprint density at radius 1 is 0.237 bits per heavy atom. The first kappa shape index (κ1) is 69.9. The molecule has 4 N–H and O–H groups in total. The number of aromatic nitrogens is 4. The maximum Gasteiger partial charge on any atom is 0.119 e. The second-order valence-corrected chi connectivity index (χ2v) is 26.1. The van der Waals surface area contributed by atoms with Gasteiger partial charge in [0.1, 0.15) is 23.0 Å². The second kappa shape index (κ2) is 34.6. The van der Waals surface area contributed by atoms with Gasteiger partial charge in [0.15, 0.2) is 0 Å². The number of aromatic amines is 4. The van der Waals surface area contributed by atoms with Crippen molar-refractivity contribution in [2.24, 2.45) is 0 Å². The van der Waals surface area contributed by atoms with Crippen LogP contribution in [0.5, 0.6) is 23.0 Å². The van der Waals surface area contributed by atoms with Gasteiger partial charge in [0, 0.05) is 85.7 Å². The number of nitrogens with zero attached hydrogens (tertiary/aromatic N) is 3. The van der Waals surface area contributed by atoms with Crippen LogP contribution >= 0.6 is 0 Å². The second-order valence-electron chi connectivity index (χ2n) is 26.1. The van der Waals surface area contributed by atoms with Crippen LogP contribution in [0, 0.1) is 0 Å². The Morgan fingerprint density at radius 2 is 0.462 bits per heavy atom. The zero-order chi connectivity index (χ0) is 65.5. The van der Waals surface area contributed by atoms with E-state index in [0.29, 0.717) is 19.8 Å². The molecule has 11 nitrogen and oxygen atoms in total. The van der Waals surface area contributed by atoms with Crippen LogP contribution < -0.4 is 40.3 Å². The van der Waals surface area contributed by atoms with Gasteiger partial charge in [0.25, 0.3) is 0 Å². The predicted octanol–water partition coefficient (Wildman–Crippen LogP) is 15.1. The smallest absolute Gasteiger partial charge is 0.119 e. The van der Waals surface area contributed by atoms with E-state index in [9.17, 15) is 0 Å². The lowest BCUT2D eigenvalue weighted by molar-refractivity contribution is -0.923. The van der Waals surface area contributed by atoms with Gasteiger partial charge in [-0.2, -0.15) is 0 Å². The van der Waals surface area contributed by atoms with Crippen molar-refractivity contribution in [3.05, 3.63) is 212 Å². The maximum atomic E-state index is 6.48. The van der Waals surface area contributed by atoms with E-state index in [-0.39, 0.29) is 0 Å². The SMILES string of the molecule is CCCCCCCCCCCOc1ccc(C2=c3ccc([nH]3)=C(c3ccc(OCCC[N+](CC)(CC)CC)cc3)c3ccc([nH]3)C(c3ccc(OCCC[N+](CC)(CC)CC)cc3)=c3ccc([nH]3)=C(c3ccc(OCCC[N+](CC)(CC)CC)cc3)c3ccc2[nH]3)cc1. The first-order valence-electron chi connectivity index (χ1n) is 36.3. The Bertz CT molecular complexity index is 3750. The van der Waals surface area contributed by atoms with E-state index in [1.807, 2.05) is 0 Å². The fourth-order valence-electron chi connectivity index (χ4n) is 14.3. The van der Waals surface area contributed by atoms with Crippen LogP contribution in [-0.2, 0) is 0 Å². The minimum Gasteiger partial charge on any atom is -0.494 e. The summed E-state index contributed by atoms with van der Waals surface area (Å²) in [7, 11) is 0. The van der Waals surface area contributed by atoms with Gasteiger partial charge < -0.3 is 52.3 Å². The third-order valence-electron chi connectivity index (χ3n) is 21.2. The first-order chi connectivity index (χ1) is 45.5. The highest BCUT2D eigenvalue weighted by Gasteiger charge is 2.24. The Labute approximate surface area is 558 Å². The lowest BCUT2D eigenvalue weighted by Crippen LogP contribution is -2.48. The number of hydrogen-bond donors (Lipinski definition) is 4. The number of nitrogens with one attached hydrogen (secondary N) is 4. The van der Waals surface area contributed by atoms with E-state index >= 15 is 0 Å². The molecule has 0 unspecified atom stereocenters. The summed E-state index contributed by atoms with van der Waals surface area (Å²) in [5.74, 6) is 3.52. The quantitative estimate of drug-likeness (QED) is 0.0228. The molecule has 5 heterocycles. The molecule has 8 aromatic rings. The van der Waals surface area contributed by atoms with Crippen molar-refractivity contribution in [3.63, 3.8) is 0 Å². The fraction of sp³-hybridized carbons (Fsp3) is 0.463. The molecule has 1 aliphatic heterocycles. The molecule has 0 aliphatic carbocycles. The molecule has 0 amide bonds. The molecule has 1 aliphatic rings. The lowest BCUT2D eigenvalue weighted by Gasteiger charge is -2.35. The molecular weight excluding hydrogens is 1150 g/mol. The number of ether oxygens (including phenoxy) is 4. The van der Waals surface area contributed by atoms with Crippen LogP contribution in [0.25, 0.3) is 22.3 Å². The van der Waals surface area contributed by atoms with Crippen LogP contribution in [0.3, 0.4) is 0 Å². The third kappa shape index (κ3) is 17.9. The fourth-order valence-corrected chi connectivity index (χ4v) is 14.3. The molecule has 0 saturated heterocycles. The standard InChI is InChI=1S/C82H114N7O4/c1-11-21-22-23-24-25-26-27-28-59-90-67-40-32-63(33-41-67)79-71-48-50-73(83-71)80(64-34-42-68(43-35-64)91-60-29-56-87(12-2,13-3)14-4)75-52-54-77(85-75)82(66-38-46-70(47-39-66)93-62-31-58-89(18-8,19-9)20-10)78-55-53-76(86-78)81(74-51-49-72(79)84-74)65-36-44-69(45-37-65)92-61-30-57-88(15-5,16-6)17-7/h32-55,83-86H,11-31,56-62H2,1-10H3/q+3. The van der Waals surface area contributed by atoms with E-state index in [4.69, 9.17) is 18.9 Å². The van der Waals surface area contributed by atoms with E-state index in [2.05, 4.69) is 235 Å². The van der Waals surface area contributed by atoms with Crippen molar-refractivity contribution in [2.45, 2.75) is 146 Å². The molecule has 498 valence electrons. The predicted molar refractivity (Wildman–Crippen MR) is 387 cm³/mol. The van der Waals surface area contributed by atoms with Gasteiger partial charge in [0.05, 0.1) is 105 Å². The van der Waals surface area contributed by atoms with Crippen molar-refractivity contribution >= 4 is 22.3 Å². The third-order valence-corrected chi connectivity index (χ3v) is 21.2. The molecule has 0 radical (unpaired) electrons. The summed E-state index contributed by atoms with van der Waals surface area (Å²) < 4.78 is 29.2. The van der Waals surface area contributed by atoms with E-state index in [1.165, 1.54) is 51.4 Å². The van der Waals surface area contributed by atoms with E-state index < -0.39 is 0 Å². The zero-order valence-electron chi connectivity index (χ0n) is 58.6. The number of quaternary nitrogens is 3. The van der Waals surface area contributed by atoms with Crippen molar-refractivity contribution in [1.82, 2.24) is 19.9 Å². The molecule has 0 saturated carbocycles. The summed E-state index contributed by atoms with van der Waals surface area (Å²) >= 11 is 0. The molecule has 11 heteroatoms. The van der Waals surface area contributed by atoms with Crippen molar-refractivity contribution < 1.29 is 32.4 Å². The number of fused-ring (bicyclic) bond motifs is 8. The number of unbranched alkanes of at least 4 members (excludes halogenated alkanes) is 8. The Balaban J connectivity index is 1.14. The van der Waals surface area contributed by atoms with E-state index in [0.717, 1.165) is 236 Å². The van der Waals surface area contributed by atoms with Gasteiger partial charge in [-0.05, 0) is 188 Å². The summed E-state index contributed by atoms with van der Waals surface area (Å²) in [5, 5.41) is 3.96. The summed E-state index contributed by atoms with van der Waals surface area (Å²) in [6.45, 7) is 39.4. The van der Waals surface area contributed by atoms with Crippen molar-refractivity contribution in [1.29, 1.82) is 0 Å². The number of rotatable bonds is 39. The van der Waals surface area contributed by atoms with E-state index in [1.54, 1.807) is 0 Å². The molecule has 0 spiro atoms. The number of benzene rings is 4. The normalized spacial score (nSPS) is 12.9. The molecular formula is C82H114N7O4+3. The highest BCUT2D eigenvalue weighted by molar-refractivity contribution is 5.85. The Kier molecular flexibility index (Phi) is 26.0. The summed E-state index contributed by atoms with van der Waals surface area (Å²) in [6, 6.07) is 52.6. The molecule has 4 aromatic heterocycles. The number of hydrogen-bond acceptors (Lipinski definition) is 4. The van der Waals surface area contributed by atoms with Crippen molar-refractivity contribution in [2.75, 3.05) is 105 Å². The molecule has 8 bridgehead atoms. The van der Waals surface area contributed by atoms with Gasteiger partial charge in [0.2, 0.25) is 0 Å². The van der Waals surface area contributed by atoms with Gasteiger partial charge >= 0.3 is 0 Å². The van der Waals surface area contributed by atoms with Gasteiger partial charge in [-0.15, -0.1) is 0 Å². The van der Waals surface area contributed by atoms with Crippen LogP contribution in [0.15, 0.2) is 146 Å². The minimum atomic E-state index is 0.683. The van der Waals surface area contributed by atoms with Crippen LogP contribution in [0.4, 0.5) is 0 Å². The average molecular weight is 1260 g/mol. The maximum absolute atomic E-state index is 6.48. The van der Waals surface area contributed by atoms with Crippen LogP contribution in [0.1, 0.15) is 191 Å². The van der Waals surface area contributed by atoms with Crippen molar-refractivity contribution in [3.8, 4) is 23.0 Å². The average Bonchev–Trinajstić information content (AvgIpc) is 1.64.